The molecule has 6 heteroatoms. The Labute approximate surface area is 188 Å². The summed E-state index contributed by atoms with van der Waals surface area (Å²) in [5.41, 5.74) is 5.25. The van der Waals surface area contributed by atoms with Gasteiger partial charge in [-0.1, -0.05) is 18.2 Å². The maximum atomic E-state index is 13.4. The molecular weight excluding hydrogens is 403 g/mol. The molecule has 1 aliphatic heterocycles. The Balaban J connectivity index is 1.63. The number of aliphatic imine (C=N–C) groups is 1. The molecule has 5 nitrogen and oxygen atoms in total. The van der Waals surface area contributed by atoms with Crippen LogP contribution in [0, 0.1) is 12.7 Å². The Morgan fingerprint density at radius 2 is 1.97 bits per heavy atom. The predicted octanol–water partition coefficient (Wildman–Crippen LogP) is 5.60. The summed E-state index contributed by atoms with van der Waals surface area (Å²) in [5, 5.41) is 0. The van der Waals surface area contributed by atoms with E-state index in [4.69, 9.17) is 4.74 Å². The lowest BCUT2D eigenvalue weighted by atomic mass is 9.96. The van der Waals surface area contributed by atoms with Crippen molar-refractivity contribution >= 4 is 11.9 Å². The number of halogens is 1. The number of hydrogen-bond donors (Lipinski definition) is 0. The van der Waals surface area contributed by atoms with Gasteiger partial charge in [0.15, 0.2) is 0 Å². The number of likely N-dealkylation sites (tertiary alicyclic amines) is 1. The highest BCUT2D eigenvalue weighted by molar-refractivity contribution is 6.03. The number of benzene rings is 2. The van der Waals surface area contributed by atoms with E-state index in [1.807, 2.05) is 42.9 Å². The van der Waals surface area contributed by atoms with Gasteiger partial charge < -0.3 is 14.2 Å². The summed E-state index contributed by atoms with van der Waals surface area (Å²) in [6.45, 7) is 5.03. The summed E-state index contributed by atoms with van der Waals surface area (Å²) in [4.78, 5) is 11.3. The third-order valence-corrected chi connectivity index (χ3v) is 5.97. The molecule has 0 bridgehead atoms. The summed E-state index contributed by atoms with van der Waals surface area (Å²) >= 11 is 0. The van der Waals surface area contributed by atoms with Gasteiger partial charge in [-0.3, -0.25) is 4.99 Å². The molecule has 0 saturated carbocycles. The minimum atomic E-state index is -0.215. The fraction of sp³-hybridized carbons (Fsp3) is 0.308. The van der Waals surface area contributed by atoms with Crippen LogP contribution in [0.25, 0.3) is 11.8 Å². The third kappa shape index (κ3) is 4.44. The highest BCUT2D eigenvalue weighted by atomic mass is 19.1. The van der Waals surface area contributed by atoms with Gasteiger partial charge in [-0.05, 0) is 73.7 Å². The number of hydrogen-bond acceptors (Lipinski definition) is 3. The van der Waals surface area contributed by atoms with Crippen molar-refractivity contribution in [2.45, 2.75) is 32.7 Å². The first-order valence-electron chi connectivity index (χ1n) is 10.9. The molecule has 2 heterocycles. The molecule has 0 spiro atoms. The highest BCUT2D eigenvalue weighted by Crippen LogP contribution is 2.31. The van der Waals surface area contributed by atoms with Gasteiger partial charge in [0.2, 0.25) is 0 Å². The van der Waals surface area contributed by atoms with Crippen LogP contribution >= 0.6 is 0 Å². The van der Waals surface area contributed by atoms with Crippen molar-refractivity contribution in [1.29, 1.82) is 0 Å². The molecule has 166 valence electrons. The van der Waals surface area contributed by atoms with E-state index < -0.39 is 0 Å². The van der Waals surface area contributed by atoms with Crippen LogP contribution in [0.1, 0.15) is 42.6 Å². The first-order valence-corrected chi connectivity index (χ1v) is 10.9. The molecule has 32 heavy (non-hydrogen) atoms. The molecule has 1 fully saturated rings. The molecule has 0 radical (unpaired) electrons. The standard InChI is InChI=1S/C26H29FN4O/c1-18-16-30(17-29-18)24-12-7-20(15-25(24)32-4)14-22-6-5-13-31(26(22)28-3)19(2)21-8-10-23(27)11-9-21/h7-12,14-17,19H,5-6,13H2,1-4H3/b22-14+,28-26?. The smallest absolute Gasteiger partial charge is 0.143 e. The van der Waals surface area contributed by atoms with E-state index in [1.54, 1.807) is 13.4 Å². The lowest BCUT2D eigenvalue weighted by molar-refractivity contribution is 0.318. The molecule has 2 aromatic carbocycles. The van der Waals surface area contributed by atoms with E-state index >= 15 is 0 Å². The molecule has 1 atom stereocenters. The molecule has 0 N–H and O–H groups in total. The van der Waals surface area contributed by atoms with E-state index in [2.05, 4.69) is 40.0 Å². The summed E-state index contributed by atoms with van der Waals surface area (Å²) in [6.07, 6.45) is 7.97. The van der Waals surface area contributed by atoms with Crippen LogP contribution in [0.5, 0.6) is 5.75 Å². The first kappa shape index (κ1) is 21.8. The minimum Gasteiger partial charge on any atom is -0.495 e. The lowest BCUT2D eigenvalue weighted by Gasteiger charge is -2.37. The van der Waals surface area contributed by atoms with Crippen molar-refractivity contribution in [2.75, 3.05) is 20.7 Å². The van der Waals surface area contributed by atoms with E-state index in [1.165, 1.54) is 17.7 Å². The van der Waals surface area contributed by atoms with Crippen LogP contribution in [0.15, 0.2) is 65.6 Å². The third-order valence-electron chi connectivity index (χ3n) is 5.97. The van der Waals surface area contributed by atoms with E-state index in [-0.39, 0.29) is 11.9 Å². The summed E-state index contributed by atoms with van der Waals surface area (Å²) in [6, 6.07) is 13.1. The van der Waals surface area contributed by atoms with Crippen LogP contribution in [0.4, 0.5) is 4.39 Å². The largest absolute Gasteiger partial charge is 0.495 e. The number of imidazole rings is 1. The summed E-state index contributed by atoms with van der Waals surface area (Å²) < 4.78 is 21.0. The highest BCUT2D eigenvalue weighted by Gasteiger charge is 2.26. The molecule has 1 aliphatic rings. The SMILES string of the molecule is CN=C1/C(=C/c2ccc(-n3cnc(C)c3)c(OC)c2)CCCN1C(C)c1ccc(F)cc1. The number of ether oxygens (including phenoxy) is 1. The van der Waals surface area contributed by atoms with Gasteiger partial charge >= 0.3 is 0 Å². The average molecular weight is 433 g/mol. The van der Waals surface area contributed by atoms with Crippen molar-refractivity contribution in [3.8, 4) is 11.4 Å². The first-order chi connectivity index (χ1) is 15.5. The van der Waals surface area contributed by atoms with Gasteiger partial charge in [-0.15, -0.1) is 0 Å². The topological polar surface area (TPSA) is 42.6 Å². The molecule has 1 unspecified atom stereocenters. The minimum absolute atomic E-state index is 0.111. The van der Waals surface area contributed by atoms with Gasteiger partial charge in [0.05, 0.1) is 30.9 Å². The van der Waals surface area contributed by atoms with Crippen molar-refractivity contribution in [1.82, 2.24) is 14.5 Å². The van der Waals surface area contributed by atoms with Crippen LogP contribution < -0.4 is 4.74 Å². The number of nitrogens with zero attached hydrogens (tertiary/aromatic N) is 4. The second-order valence-corrected chi connectivity index (χ2v) is 8.09. The summed E-state index contributed by atoms with van der Waals surface area (Å²) in [5.74, 6) is 1.56. The predicted molar refractivity (Wildman–Crippen MR) is 127 cm³/mol. The Kier molecular flexibility index (Phi) is 6.40. The number of piperidine rings is 1. The molecule has 4 rings (SSSR count). The van der Waals surface area contributed by atoms with Crippen LogP contribution in [0.3, 0.4) is 0 Å². The summed E-state index contributed by atoms with van der Waals surface area (Å²) in [7, 11) is 3.52. The van der Waals surface area contributed by atoms with E-state index in [0.29, 0.717) is 0 Å². The van der Waals surface area contributed by atoms with Crippen molar-refractivity contribution in [3.63, 3.8) is 0 Å². The number of amidine groups is 1. The molecule has 1 aromatic heterocycles. The fourth-order valence-corrected chi connectivity index (χ4v) is 4.30. The zero-order valence-corrected chi connectivity index (χ0v) is 19.0. The monoisotopic (exact) mass is 432 g/mol. The maximum absolute atomic E-state index is 13.4. The van der Waals surface area contributed by atoms with Gasteiger partial charge in [-0.25, -0.2) is 9.37 Å². The normalized spacial score (nSPS) is 17.7. The van der Waals surface area contributed by atoms with Crippen LogP contribution in [-0.4, -0.2) is 41.0 Å². The molecule has 1 saturated heterocycles. The second-order valence-electron chi connectivity index (χ2n) is 8.09. The molecule has 0 amide bonds. The van der Waals surface area contributed by atoms with Crippen molar-refractivity contribution in [3.05, 3.63) is 83.2 Å². The number of aromatic nitrogens is 2. The number of rotatable bonds is 5. The van der Waals surface area contributed by atoms with Gasteiger partial charge in [0.1, 0.15) is 17.4 Å². The van der Waals surface area contributed by atoms with Crippen LogP contribution in [0.2, 0.25) is 0 Å². The van der Waals surface area contributed by atoms with Crippen molar-refractivity contribution < 1.29 is 9.13 Å². The maximum Gasteiger partial charge on any atom is 0.143 e. The van der Waals surface area contributed by atoms with E-state index in [9.17, 15) is 4.39 Å². The zero-order valence-electron chi connectivity index (χ0n) is 19.0. The molecule has 0 aliphatic carbocycles. The Morgan fingerprint density at radius 3 is 2.62 bits per heavy atom. The number of methoxy groups -OCH3 is 1. The van der Waals surface area contributed by atoms with Gasteiger partial charge in [-0.2, -0.15) is 0 Å². The Morgan fingerprint density at radius 1 is 1.19 bits per heavy atom. The zero-order chi connectivity index (χ0) is 22.7. The van der Waals surface area contributed by atoms with Gasteiger partial charge in [0, 0.05) is 19.8 Å². The van der Waals surface area contributed by atoms with E-state index in [0.717, 1.165) is 53.5 Å². The quantitative estimate of drug-likeness (QED) is 0.527. The Bertz CT molecular complexity index is 1150. The molecular formula is C26H29FN4O. The lowest BCUT2D eigenvalue weighted by Crippen LogP contribution is -2.39. The fourth-order valence-electron chi connectivity index (χ4n) is 4.30. The number of aryl methyl sites for hydroxylation is 1. The Hall–Kier alpha value is -3.41. The molecule has 3 aromatic rings. The van der Waals surface area contributed by atoms with Crippen LogP contribution in [-0.2, 0) is 0 Å². The van der Waals surface area contributed by atoms with Gasteiger partial charge in [0.25, 0.3) is 0 Å². The van der Waals surface area contributed by atoms with Crippen molar-refractivity contribution in [2.24, 2.45) is 4.99 Å². The average Bonchev–Trinajstić information content (AvgIpc) is 3.24. The second kappa shape index (κ2) is 9.39.